The van der Waals surface area contributed by atoms with Gasteiger partial charge in [0.1, 0.15) is 5.82 Å². The normalized spacial score (nSPS) is 10.9. The van der Waals surface area contributed by atoms with Crippen LogP contribution in [0.15, 0.2) is 45.3 Å². The average Bonchev–Trinajstić information content (AvgIpc) is 3.11. The Balaban J connectivity index is 1.80. The van der Waals surface area contributed by atoms with E-state index in [2.05, 4.69) is 32.2 Å². The van der Waals surface area contributed by atoms with Gasteiger partial charge in [-0.3, -0.25) is 9.36 Å². The van der Waals surface area contributed by atoms with E-state index >= 15 is 0 Å². The molecule has 0 N–H and O–H groups in total. The van der Waals surface area contributed by atoms with Gasteiger partial charge in [0.2, 0.25) is 0 Å². The molecular weight excluding hydrogens is 394 g/mol. The molecule has 0 saturated carbocycles. The van der Waals surface area contributed by atoms with Crippen molar-refractivity contribution in [3.63, 3.8) is 0 Å². The molecule has 118 valence electrons. The Morgan fingerprint density at radius 2 is 2.09 bits per heavy atom. The first-order valence-corrected chi connectivity index (χ1v) is 9.54. The number of ketones is 1. The van der Waals surface area contributed by atoms with Gasteiger partial charge >= 0.3 is 0 Å². The first-order valence-electron chi connectivity index (χ1n) is 6.95. The highest BCUT2D eigenvalue weighted by molar-refractivity contribution is 9.11. The molecule has 0 amide bonds. The molecule has 0 unspecified atom stereocenters. The third-order valence-electron chi connectivity index (χ3n) is 3.24. The second-order valence-electron chi connectivity index (χ2n) is 5.02. The number of benzene rings is 1. The van der Waals surface area contributed by atoms with Crippen LogP contribution in [0.3, 0.4) is 0 Å². The van der Waals surface area contributed by atoms with Crippen LogP contribution in [-0.4, -0.2) is 26.3 Å². The number of hydrogen-bond acceptors (Lipinski definition) is 5. The summed E-state index contributed by atoms with van der Waals surface area (Å²) in [6, 6.07) is 11.9. The number of carbonyl (C=O) groups excluding carboxylic acids is 1. The number of halogens is 1. The van der Waals surface area contributed by atoms with E-state index in [-0.39, 0.29) is 5.78 Å². The summed E-state index contributed by atoms with van der Waals surface area (Å²) in [7, 11) is 0. The minimum atomic E-state index is 0.0992. The van der Waals surface area contributed by atoms with Gasteiger partial charge in [-0.25, -0.2) is 0 Å². The Labute approximate surface area is 151 Å². The molecule has 23 heavy (non-hydrogen) atoms. The summed E-state index contributed by atoms with van der Waals surface area (Å²) in [6.07, 6.45) is 0. The quantitative estimate of drug-likeness (QED) is 0.454. The maximum Gasteiger partial charge on any atom is 0.196 e. The van der Waals surface area contributed by atoms with Crippen LogP contribution in [0.2, 0.25) is 0 Å². The van der Waals surface area contributed by atoms with E-state index in [0.717, 1.165) is 25.3 Å². The fourth-order valence-corrected chi connectivity index (χ4v) is 4.46. The van der Waals surface area contributed by atoms with Gasteiger partial charge in [0.25, 0.3) is 0 Å². The number of hydrogen-bond donors (Lipinski definition) is 0. The van der Waals surface area contributed by atoms with Crippen LogP contribution in [0.5, 0.6) is 0 Å². The van der Waals surface area contributed by atoms with Gasteiger partial charge in [0.05, 0.1) is 14.4 Å². The second-order valence-corrected chi connectivity index (χ2v) is 8.43. The van der Waals surface area contributed by atoms with Gasteiger partial charge in [0, 0.05) is 5.69 Å². The van der Waals surface area contributed by atoms with Crippen molar-refractivity contribution < 1.29 is 4.79 Å². The van der Waals surface area contributed by atoms with Crippen molar-refractivity contribution in [2.75, 3.05) is 5.75 Å². The zero-order valence-electron chi connectivity index (χ0n) is 12.6. The molecular formula is C16H14BrN3OS2. The number of aromatic nitrogens is 3. The van der Waals surface area contributed by atoms with E-state index in [9.17, 15) is 4.79 Å². The summed E-state index contributed by atoms with van der Waals surface area (Å²) < 4.78 is 2.94. The van der Waals surface area contributed by atoms with Gasteiger partial charge in [-0.2, -0.15) is 0 Å². The predicted octanol–water partition coefficient (Wildman–Crippen LogP) is 4.68. The summed E-state index contributed by atoms with van der Waals surface area (Å²) in [5, 5.41) is 9.10. The summed E-state index contributed by atoms with van der Waals surface area (Å²) in [4.78, 5) is 13.0. The second kappa shape index (κ2) is 6.98. The molecule has 0 bridgehead atoms. The molecule has 0 aliphatic carbocycles. The molecule has 0 aliphatic heterocycles. The van der Waals surface area contributed by atoms with Gasteiger partial charge in [-0.15, -0.1) is 21.5 Å². The Bertz CT molecular complexity index is 857. The number of nitrogens with zero attached hydrogens (tertiary/aromatic N) is 3. The summed E-state index contributed by atoms with van der Waals surface area (Å²) in [6.45, 7) is 3.96. The van der Waals surface area contributed by atoms with Crippen LogP contribution in [0.25, 0.3) is 5.69 Å². The lowest BCUT2D eigenvalue weighted by Crippen LogP contribution is -2.03. The molecule has 0 fully saturated rings. The first kappa shape index (κ1) is 16.4. The van der Waals surface area contributed by atoms with Crippen LogP contribution in [0.4, 0.5) is 0 Å². The van der Waals surface area contributed by atoms with Crippen LogP contribution in [0.1, 0.15) is 21.1 Å². The average molecular weight is 408 g/mol. The Kier molecular flexibility index (Phi) is 4.99. The molecule has 4 nitrogen and oxygen atoms in total. The zero-order valence-corrected chi connectivity index (χ0v) is 15.8. The SMILES string of the molecule is Cc1cccc(-n2c(C)nnc2SCC(=O)c2ccc(Br)s2)c1. The third-order valence-corrected chi connectivity index (χ3v) is 5.83. The topological polar surface area (TPSA) is 47.8 Å². The molecule has 0 spiro atoms. The number of thioether (sulfide) groups is 1. The number of thiophene rings is 1. The van der Waals surface area contributed by atoms with Gasteiger partial charge < -0.3 is 0 Å². The molecule has 0 radical (unpaired) electrons. The number of Topliss-reactive ketones (excluding diaryl/α,β-unsaturated/α-hetero) is 1. The fourth-order valence-electron chi connectivity index (χ4n) is 2.17. The summed E-state index contributed by atoms with van der Waals surface area (Å²) >= 11 is 6.24. The van der Waals surface area contributed by atoms with Crippen molar-refractivity contribution in [3.05, 3.63) is 56.4 Å². The molecule has 3 aromatic rings. The fraction of sp³-hybridized carbons (Fsp3) is 0.188. The molecule has 1 aromatic carbocycles. The zero-order chi connectivity index (χ0) is 16.4. The van der Waals surface area contributed by atoms with Crippen LogP contribution in [0, 0.1) is 13.8 Å². The highest BCUT2D eigenvalue weighted by Gasteiger charge is 2.15. The lowest BCUT2D eigenvalue weighted by molar-refractivity contribution is 0.102. The molecule has 2 aromatic heterocycles. The van der Waals surface area contributed by atoms with Crippen LogP contribution >= 0.6 is 39.0 Å². The van der Waals surface area contributed by atoms with Crippen molar-refractivity contribution in [2.45, 2.75) is 19.0 Å². The number of aryl methyl sites for hydroxylation is 2. The Morgan fingerprint density at radius 3 is 2.78 bits per heavy atom. The van der Waals surface area contributed by atoms with Crippen molar-refractivity contribution in [1.29, 1.82) is 0 Å². The molecule has 2 heterocycles. The van der Waals surface area contributed by atoms with Gasteiger partial charge in [0.15, 0.2) is 10.9 Å². The molecule has 3 rings (SSSR count). The molecule has 0 saturated heterocycles. The molecule has 7 heteroatoms. The highest BCUT2D eigenvalue weighted by atomic mass is 79.9. The maximum absolute atomic E-state index is 12.3. The van der Waals surface area contributed by atoms with E-state index in [1.807, 2.05) is 48.7 Å². The highest BCUT2D eigenvalue weighted by Crippen LogP contribution is 2.26. The van der Waals surface area contributed by atoms with E-state index in [1.54, 1.807) is 0 Å². The Morgan fingerprint density at radius 1 is 1.26 bits per heavy atom. The van der Waals surface area contributed by atoms with Crippen molar-refractivity contribution in [1.82, 2.24) is 14.8 Å². The minimum absolute atomic E-state index is 0.0992. The minimum Gasteiger partial charge on any atom is -0.292 e. The van der Waals surface area contributed by atoms with E-state index in [1.165, 1.54) is 28.7 Å². The first-order chi connectivity index (χ1) is 11.0. The molecule has 0 atom stereocenters. The maximum atomic E-state index is 12.3. The van der Waals surface area contributed by atoms with E-state index < -0.39 is 0 Å². The van der Waals surface area contributed by atoms with Crippen LogP contribution < -0.4 is 0 Å². The van der Waals surface area contributed by atoms with E-state index in [4.69, 9.17) is 0 Å². The lowest BCUT2D eigenvalue weighted by atomic mass is 10.2. The third kappa shape index (κ3) is 3.73. The van der Waals surface area contributed by atoms with Crippen molar-refractivity contribution >= 4 is 44.8 Å². The van der Waals surface area contributed by atoms with E-state index in [0.29, 0.717) is 5.75 Å². The molecule has 0 aliphatic rings. The number of carbonyl (C=O) groups is 1. The largest absolute Gasteiger partial charge is 0.292 e. The lowest BCUT2D eigenvalue weighted by Gasteiger charge is -2.08. The standard InChI is InChI=1S/C16H14BrN3OS2/c1-10-4-3-5-12(8-10)20-11(2)18-19-16(20)22-9-13(21)14-6-7-15(17)23-14/h3-8H,9H2,1-2H3. The summed E-state index contributed by atoms with van der Waals surface area (Å²) in [5.74, 6) is 1.25. The van der Waals surface area contributed by atoms with Crippen molar-refractivity contribution in [2.24, 2.45) is 0 Å². The Hall–Kier alpha value is -1.44. The van der Waals surface area contributed by atoms with Crippen LogP contribution in [-0.2, 0) is 0 Å². The van der Waals surface area contributed by atoms with Crippen molar-refractivity contribution in [3.8, 4) is 5.69 Å². The smallest absolute Gasteiger partial charge is 0.196 e. The predicted molar refractivity (Wildman–Crippen MR) is 97.9 cm³/mol. The van der Waals surface area contributed by atoms with Gasteiger partial charge in [-0.05, 0) is 59.6 Å². The monoisotopic (exact) mass is 407 g/mol. The van der Waals surface area contributed by atoms with Gasteiger partial charge in [-0.1, -0.05) is 23.9 Å². The number of rotatable bonds is 5. The summed E-state index contributed by atoms with van der Waals surface area (Å²) in [5.41, 5.74) is 2.19.